The summed E-state index contributed by atoms with van der Waals surface area (Å²) in [6.45, 7) is 0. The molecule has 3 rings (SSSR count). The lowest BCUT2D eigenvalue weighted by atomic mass is 10.00. The molecule has 1 heterocycles. The highest BCUT2D eigenvalue weighted by atomic mass is 35.5. The molecule has 0 aliphatic rings. The van der Waals surface area contributed by atoms with Crippen LogP contribution < -0.4 is 0 Å². The minimum absolute atomic E-state index is 0.455. The van der Waals surface area contributed by atoms with Crippen molar-refractivity contribution in [2.45, 2.75) is 6.10 Å². The van der Waals surface area contributed by atoms with Crippen molar-refractivity contribution in [2.75, 3.05) is 0 Å². The van der Waals surface area contributed by atoms with E-state index in [0.717, 1.165) is 16.5 Å². The summed E-state index contributed by atoms with van der Waals surface area (Å²) in [5.41, 5.74) is 2.31. The van der Waals surface area contributed by atoms with Crippen molar-refractivity contribution < 1.29 is 5.11 Å². The van der Waals surface area contributed by atoms with Gasteiger partial charge in [-0.3, -0.25) is 4.98 Å². The van der Waals surface area contributed by atoms with E-state index in [-0.39, 0.29) is 0 Å². The van der Waals surface area contributed by atoms with Crippen molar-refractivity contribution in [3.05, 3.63) is 75.9 Å². The molecule has 0 aliphatic carbocycles. The van der Waals surface area contributed by atoms with E-state index in [4.69, 9.17) is 23.2 Å². The summed E-state index contributed by atoms with van der Waals surface area (Å²) in [6, 6.07) is 14.6. The van der Waals surface area contributed by atoms with Gasteiger partial charge < -0.3 is 5.11 Å². The largest absolute Gasteiger partial charge is 0.384 e. The van der Waals surface area contributed by atoms with E-state index >= 15 is 0 Å². The second-order valence-electron chi connectivity index (χ2n) is 4.52. The van der Waals surface area contributed by atoms with Gasteiger partial charge in [-0.2, -0.15) is 0 Å². The van der Waals surface area contributed by atoms with Crippen LogP contribution in [-0.4, -0.2) is 10.1 Å². The lowest BCUT2D eigenvalue weighted by Crippen LogP contribution is -2.00. The van der Waals surface area contributed by atoms with Crippen molar-refractivity contribution in [1.82, 2.24) is 4.98 Å². The van der Waals surface area contributed by atoms with E-state index in [0.29, 0.717) is 15.6 Å². The van der Waals surface area contributed by atoms with Crippen LogP contribution in [0.4, 0.5) is 0 Å². The molecular weight excluding hydrogens is 293 g/mol. The van der Waals surface area contributed by atoms with Crippen molar-refractivity contribution in [3.8, 4) is 0 Å². The third kappa shape index (κ3) is 2.50. The molecule has 2 aromatic carbocycles. The van der Waals surface area contributed by atoms with E-state index in [2.05, 4.69) is 4.98 Å². The molecule has 100 valence electrons. The van der Waals surface area contributed by atoms with Crippen molar-refractivity contribution in [2.24, 2.45) is 0 Å². The summed E-state index contributed by atoms with van der Waals surface area (Å²) >= 11 is 12.0. The topological polar surface area (TPSA) is 33.1 Å². The summed E-state index contributed by atoms with van der Waals surface area (Å²) < 4.78 is 0. The molecule has 3 aromatic rings. The summed E-state index contributed by atoms with van der Waals surface area (Å²) in [4.78, 5) is 4.26. The van der Waals surface area contributed by atoms with Crippen LogP contribution in [0.25, 0.3) is 10.9 Å². The number of fused-ring (bicyclic) bond motifs is 1. The van der Waals surface area contributed by atoms with E-state index in [1.165, 1.54) is 0 Å². The molecule has 0 saturated carbocycles. The first-order valence-corrected chi connectivity index (χ1v) is 6.88. The van der Waals surface area contributed by atoms with Gasteiger partial charge in [0.05, 0.1) is 5.52 Å². The number of halogens is 2. The Labute approximate surface area is 126 Å². The first-order valence-electron chi connectivity index (χ1n) is 6.13. The molecule has 0 saturated heterocycles. The summed E-state index contributed by atoms with van der Waals surface area (Å²) in [7, 11) is 0. The minimum Gasteiger partial charge on any atom is -0.384 e. The Morgan fingerprint density at radius 3 is 2.65 bits per heavy atom. The van der Waals surface area contributed by atoms with E-state index in [1.54, 1.807) is 24.4 Å². The highest BCUT2D eigenvalue weighted by molar-refractivity contribution is 6.35. The average molecular weight is 304 g/mol. The highest BCUT2D eigenvalue weighted by Crippen LogP contribution is 2.31. The van der Waals surface area contributed by atoms with Crippen LogP contribution in [0.3, 0.4) is 0 Å². The fourth-order valence-electron chi connectivity index (χ4n) is 2.17. The SMILES string of the molecule is OC(c1ccc2ncccc2c1)c1ccc(Cl)cc1Cl. The van der Waals surface area contributed by atoms with Crippen LogP contribution in [-0.2, 0) is 0 Å². The fourth-order valence-corrected chi connectivity index (χ4v) is 2.68. The summed E-state index contributed by atoms with van der Waals surface area (Å²) in [5.74, 6) is 0. The normalized spacial score (nSPS) is 12.6. The van der Waals surface area contributed by atoms with Crippen LogP contribution in [0.15, 0.2) is 54.7 Å². The molecular formula is C16H11Cl2NO. The van der Waals surface area contributed by atoms with Crippen LogP contribution in [0, 0.1) is 0 Å². The zero-order chi connectivity index (χ0) is 14.1. The van der Waals surface area contributed by atoms with Crippen LogP contribution in [0.5, 0.6) is 0 Å². The van der Waals surface area contributed by atoms with Gasteiger partial charge in [-0.1, -0.05) is 41.4 Å². The number of hydrogen-bond acceptors (Lipinski definition) is 2. The first-order chi connectivity index (χ1) is 9.65. The molecule has 0 amide bonds. The standard InChI is InChI=1S/C16H11Cl2NO/c17-12-4-5-13(14(18)9-12)16(20)11-3-6-15-10(8-11)2-1-7-19-15/h1-9,16,20H. The number of aliphatic hydroxyl groups is 1. The maximum Gasteiger partial charge on any atom is 0.106 e. The number of hydrogen-bond donors (Lipinski definition) is 1. The number of benzene rings is 2. The maximum absolute atomic E-state index is 10.5. The molecule has 1 atom stereocenters. The predicted octanol–water partition coefficient (Wildman–Crippen LogP) is 4.62. The molecule has 1 unspecified atom stereocenters. The molecule has 0 aliphatic heterocycles. The van der Waals surface area contributed by atoms with Gasteiger partial charge in [0.1, 0.15) is 6.10 Å². The lowest BCUT2D eigenvalue weighted by molar-refractivity contribution is 0.220. The molecule has 0 spiro atoms. The molecule has 4 heteroatoms. The Kier molecular flexibility index (Phi) is 3.62. The average Bonchev–Trinajstić information content (AvgIpc) is 2.46. The quantitative estimate of drug-likeness (QED) is 0.749. The Hall–Kier alpha value is -1.61. The Bertz CT molecular complexity index is 773. The number of aliphatic hydroxyl groups excluding tert-OH is 1. The molecule has 2 nitrogen and oxygen atoms in total. The number of pyridine rings is 1. The molecule has 20 heavy (non-hydrogen) atoms. The van der Waals surface area contributed by atoms with Crippen molar-refractivity contribution >= 4 is 34.1 Å². The lowest BCUT2D eigenvalue weighted by Gasteiger charge is -2.14. The van der Waals surface area contributed by atoms with Crippen LogP contribution in [0.2, 0.25) is 10.0 Å². The summed E-state index contributed by atoms with van der Waals surface area (Å²) in [5, 5.41) is 12.5. The Balaban J connectivity index is 2.05. The molecule has 1 N–H and O–H groups in total. The van der Waals surface area contributed by atoms with Crippen LogP contribution in [0.1, 0.15) is 17.2 Å². The van der Waals surface area contributed by atoms with Crippen molar-refractivity contribution in [3.63, 3.8) is 0 Å². The van der Waals surface area contributed by atoms with E-state index in [1.807, 2.05) is 30.3 Å². The third-order valence-corrected chi connectivity index (χ3v) is 3.76. The van der Waals surface area contributed by atoms with Crippen LogP contribution >= 0.6 is 23.2 Å². The highest BCUT2D eigenvalue weighted by Gasteiger charge is 2.14. The second kappa shape index (κ2) is 5.41. The van der Waals surface area contributed by atoms with Gasteiger partial charge >= 0.3 is 0 Å². The monoisotopic (exact) mass is 303 g/mol. The van der Waals surface area contributed by atoms with Gasteiger partial charge in [0.15, 0.2) is 0 Å². The molecule has 0 fully saturated rings. The van der Waals surface area contributed by atoms with Gasteiger partial charge in [0.2, 0.25) is 0 Å². The smallest absolute Gasteiger partial charge is 0.106 e. The number of nitrogens with zero attached hydrogens (tertiary/aromatic N) is 1. The molecule has 0 radical (unpaired) electrons. The first kappa shape index (κ1) is 13.4. The van der Waals surface area contributed by atoms with Gasteiger partial charge in [-0.25, -0.2) is 0 Å². The fraction of sp³-hybridized carbons (Fsp3) is 0.0625. The Morgan fingerprint density at radius 1 is 1.00 bits per heavy atom. The zero-order valence-corrected chi connectivity index (χ0v) is 11.9. The van der Waals surface area contributed by atoms with Gasteiger partial charge in [-0.15, -0.1) is 0 Å². The molecule has 1 aromatic heterocycles. The third-order valence-electron chi connectivity index (χ3n) is 3.20. The Morgan fingerprint density at radius 2 is 1.85 bits per heavy atom. The second-order valence-corrected chi connectivity index (χ2v) is 5.37. The molecule has 0 bridgehead atoms. The van der Waals surface area contributed by atoms with Gasteiger partial charge in [0.25, 0.3) is 0 Å². The van der Waals surface area contributed by atoms with E-state index < -0.39 is 6.10 Å². The summed E-state index contributed by atoms with van der Waals surface area (Å²) in [6.07, 6.45) is 0.957. The number of aromatic nitrogens is 1. The number of rotatable bonds is 2. The van der Waals surface area contributed by atoms with E-state index in [9.17, 15) is 5.11 Å². The zero-order valence-electron chi connectivity index (χ0n) is 10.4. The van der Waals surface area contributed by atoms with Crippen molar-refractivity contribution in [1.29, 1.82) is 0 Å². The maximum atomic E-state index is 10.5. The van der Waals surface area contributed by atoms with Gasteiger partial charge in [0, 0.05) is 27.2 Å². The van der Waals surface area contributed by atoms with Gasteiger partial charge in [-0.05, 0) is 35.9 Å². The predicted molar refractivity (Wildman–Crippen MR) is 82.3 cm³/mol. The minimum atomic E-state index is -0.788.